The first-order valence-corrected chi connectivity index (χ1v) is 10.3. The molecule has 0 spiro atoms. The Morgan fingerprint density at radius 3 is 2.16 bits per heavy atom. The van der Waals surface area contributed by atoms with Crippen molar-refractivity contribution in [2.75, 3.05) is 25.1 Å². The van der Waals surface area contributed by atoms with Gasteiger partial charge in [-0.2, -0.15) is 0 Å². The lowest BCUT2D eigenvalue weighted by Gasteiger charge is -2.31. The SMILES string of the molecule is COc1cccc(N(CCN2C(=O)c3cccc4cccc(c34)C2=O)C(=O)C(C)C)c1. The number of nitrogens with zero attached hydrogens (tertiary/aromatic N) is 2. The van der Waals surface area contributed by atoms with Crippen LogP contribution in [0.5, 0.6) is 5.75 Å². The zero-order valence-electron chi connectivity index (χ0n) is 17.8. The molecule has 0 radical (unpaired) electrons. The van der Waals surface area contributed by atoms with Gasteiger partial charge in [0.15, 0.2) is 0 Å². The van der Waals surface area contributed by atoms with Gasteiger partial charge in [0.25, 0.3) is 11.8 Å². The summed E-state index contributed by atoms with van der Waals surface area (Å²) in [6.45, 7) is 3.94. The molecule has 0 N–H and O–H groups in total. The van der Waals surface area contributed by atoms with Crippen LogP contribution in [0.1, 0.15) is 34.6 Å². The summed E-state index contributed by atoms with van der Waals surface area (Å²) >= 11 is 0. The lowest BCUT2D eigenvalue weighted by molar-refractivity contribution is -0.121. The van der Waals surface area contributed by atoms with Crippen LogP contribution in [0.2, 0.25) is 0 Å². The molecule has 1 heterocycles. The molecule has 4 rings (SSSR count). The Balaban J connectivity index is 1.65. The third kappa shape index (κ3) is 3.65. The first kappa shape index (κ1) is 20.6. The maximum Gasteiger partial charge on any atom is 0.261 e. The molecular weight excluding hydrogens is 392 g/mol. The minimum Gasteiger partial charge on any atom is -0.497 e. The minimum atomic E-state index is -0.336. The van der Waals surface area contributed by atoms with Gasteiger partial charge in [0.1, 0.15) is 5.75 Å². The van der Waals surface area contributed by atoms with Crippen LogP contribution >= 0.6 is 0 Å². The Hall–Kier alpha value is -3.67. The fourth-order valence-electron chi connectivity index (χ4n) is 3.94. The number of benzene rings is 3. The lowest BCUT2D eigenvalue weighted by Crippen LogP contribution is -2.46. The van der Waals surface area contributed by atoms with Gasteiger partial charge in [-0.15, -0.1) is 0 Å². The van der Waals surface area contributed by atoms with Crippen LogP contribution in [0.3, 0.4) is 0 Å². The molecule has 0 atom stereocenters. The van der Waals surface area contributed by atoms with Crippen molar-refractivity contribution in [2.45, 2.75) is 13.8 Å². The van der Waals surface area contributed by atoms with Gasteiger partial charge in [-0.1, -0.05) is 44.2 Å². The number of carbonyl (C=O) groups is 3. The highest BCUT2D eigenvalue weighted by molar-refractivity contribution is 6.25. The summed E-state index contributed by atoms with van der Waals surface area (Å²) in [4.78, 5) is 42.1. The molecule has 0 aromatic heterocycles. The van der Waals surface area contributed by atoms with E-state index >= 15 is 0 Å². The van der Waals surface area contributed by atoms with E-state index in [2.05, 4.69) is 0 Å². The molecule has 1 aliphatic heterocycles. The quantitative estimate of drug-likeness (QED) is 0.567. The molecule has 0 fully saturated rings. The molecule has 6 nitrogen and oxygen atoms in total. The van der Waals surface area contributed by atoms with Crippen molar-refractivity contribution in [3.05, 3.63) is 71.8 Å². The molecule has 6 heteroatoms. The number of hydrogen-bond acceptors (Lipinski definition) is 4. The molecule has 0 unspecified atom stereocenters. The third-order valence-corrected chi connectivity index (χ3v) is 5.53. The Labute approximate surface area is 181 Å². The number of amides is 3. The summed E-state index contributed by atoms with van der Waals surface area (Å²) in [7, 11) is 1.57. The van der Waals surface area contributed by atoms with E-state index in [1.165, 1.54) is 4.90 Å². The van der Waals surface area contributed by atoms with Gasteiger partial charge < -0.3 is 9.64 Å². The van der Waals surface area contributed by atoms with E-state index in [0.29, 0.717) is 28.0 Å². The molecular formula is C25H24N2O4. The van der Waals surface area contributed by atoms with E-state index in [1.54, 1.807) is 36.3 Å². The van der Waals surface area contributed by atoms with E-state index < -0.39 is 0 Å². The van der Waals surface area contributed by atoms with Gasteiger partial charge in [0.05, 0.1) is 7.11 Å². The van der Waals surface area contributed by atoms with E-state index in [4.69, 9.17) is 4.74 Å². The van der Waals surface area contributed by atoms with Crippen LogP contribution in [0.15, 0.2) is 60.7 Å². The zero-order chi connectivity index (χ0) is 22.1. The predicted octanol–water partition coefficient (Wildman–Crippen LogP) is 4.13. The van der Waals surface area contributed by atoms with Crippen LogP contribution in [0.4, 0.5) is 5.69 Å². The highest BCUT2D eigenvalue weighted by Crippen LogP contribution is 2.30. The normalized spacial score (nSPS) is 13.1. The van der Waals surface area contributed by atoms with Crippen molar-refractivity contribution in [2.24, 2.45) is 5.92 Å². The molecule has 158 valence electrons. The second kappa shape index (κ2) is 8.22. The number of rotatable bonds is 6. The summed E-state index contributed by atoms with van der Waals surface area (Å²) in [5, 5.41) is 1.56. The van der Waals surface area contributed by atoms with Crippen molar-refractivity contribution in [1.29, 1.82) is 0 Å². The standard InChI is InChI=1S/C25H24N2O4/c1-16(2)23(28)26(18-9-6-10-19(15-18)31-3)13-14-27-24(29)20-11-4-7-17-8-5-12-21(22(17)20)25(27)30/h4-12,15-16H,13-14H2,1-3H3. The number of hydrogen-bond donors (Lipinski definition) is 0. The second-order valence-corrected chi connectivity index (χ2v) is 7.82. The lowest BCUT2D eigenvalue weighted by atomic mass is 9.94. The molecule has 1 aliphatic rings. The van der Waals surface area contributed by atoms with Crippen molar-refractivity contribution in [1.82, 2.24) is 4.90 Å². The monoisotopic (exact) mass is 416 g/mol. The molecule has 3 amide bonds. The Bertz CT molecular complexity index is 1130. The fraction of sp³-hybridized carbons (Fsp3) is 0.240. The van der Waals surface area contributed by atoms with E-state index in [-0.39, 0.29) is 36.7 Å². The average molecular weight is 416 g/mol. The molecule has 3 aromatic rings. The second-order valence-electron chi connectivity index (χ2n) is 7.82. The van der Waals surface area contributed by atoms with Crippen LogP contribution in [0.25, 0.3) is 10.8 Å². The molecule has 0 saturated carbocycles. The molecule has 3 aromatic carbocycles. The Morgan fingerprint density at radius 1 is 0.968 bits per heavy atom. The maximum absolute atomic E-state index is 13.1. The van der Waals surface area contributed by atoms with Gasteiger partial charge in [-0.05, 0) is 29.7 Å². The smallest absolute Gasteiger partial charge is 0.261 e. The number of ether oxygens (including phenoxy) is 1. The maximum atomic E-state index is 13.1. The van der Waals surface area contributed by atoms with Crippen LogP contribution in [0, 0.1) is 5.92 Å². The van der Waals surface area contributed by atoms with Crippen molar-refractivity contribution < 1.29 is 19.1 Å². The van der Waals surface area contributed by atoms with E-state index in [0.717, 1.165) is 5.39 Å². The first-order valence-electron chi connectivity index (χ1n) is 10.3. The van der Waals surface area contributed by atoms with E-state index in [1.807, 2.05) is 50.2 Å². The van der Waals surface area contributed by atoms with Crippen LogP contribution in [-0.4, -0.2) is 42.8 Å². The van der Waals surface area contributed by atoms with Gasteiger partial charge >= 0.3 is 0 Å². The zero-order valence-corrected chi connectivity index (χ0v) is 17.8. The number of imide groups is 1. The van der Waals surface area contributed by atoms with Crippen LogP contribution < -0.4 is 9.64 Å². The summed E-state index contributed by atoms with van der Waals surface area (Å²) < 4.78 is 5.29. The van der Waals surface area contributed by atoms with Gasteiger partial charge in [0.2, 0.25) is 5.91 Å². The summed E-state index contributed by atoms with van der Waals surface area (Å²) in [5.41, 5.74) is 1.68. The first-order chi connectivity index (χ1) is 14.9. The molecule has 0 saturated heterocycles. The van der Waals surface area contributed by atoms with Crippen molar-refractivity contribution >= 4 is 34.2 Å². The molecule has 31 heavy (non-hydrogen) atoms. The fourth-order valence-corrected chi connectivity index (χ4v) is 3.94. The Kier molecular flexibility index (Phi) is 5.46. The van der Waals surface area contributed by atoms with Crippen molar-refractivity contribution in [3.8, 4) is 5.75 Å². The number of anilines is 1. The topological polar surface area (TPSA) is 66.9 Å². The largest absolute Gasteiger partial charge is 0.497 e. The summed E-state index contributed by atoms with van der Waals surface area (Å²) in [5.74, 6) is -0.375. The predicted molar refractivity (Wildman–Crippen MR) is 120 cm³/mol. The highest BCUT2D eigenvalue weighted by Gasteiger charge is 2.33. The summed E-state index contributed by atoms with van der Waals surface area (Å²) in [6, 6.07) is 18.1. The number of carbonyl (C=O) groups excluding carboxylic acids is 3. The molecule has 0 aliphatic carbocycles. The highest BCUT2D eigenvalue weighted by atomic mass is 16.5. The molecule has 0 bridgehead atoms. The average Bonchev–Trinajstić information content (AvgIpc) is 2.79. The van der Waals surface area contributed by atoms with Gasteiger partial charge in [0, 0.05) is 47.3 Å². The van der Waals surface area contributed by atoms with Gasteiger partial charge in [-0.3, -0.25) is 19.3 Å². The number of methoxy groups -OCH3 is 1. The third-order valence-electron chi connectivity index (χ3n) is 5.53. The van der Waals surface area contributed by atoms with E-state index in [9.17, 15) is 14.4 Å². The van der Waals surface area contributed by atoms with Crippen molar-refractivity contribution in [3.63, 3.8) is 0 Å². The summed E-state index contributed by atoms with van der Waals surface area (Å²) in [6.07, 6.45) is 0. The van der Waals surface area contributed by atoms with Crippen LogP contribution in [-0.2, 0) is 4.79 Å². The minimum absolute atomic E-state index is 0.0901. The Morgan fingerprint density at radius 2 is 1.58 bits per heavy atom. The van der Waals surface area contributed by atoms with Gasteiger partial charge in [-0.25, -0.2) is 0 Å².